The fourth-order valence-corrected chi connectivity index (χ4v) is 13.5. The van der Waals surface area contributed by atoms with Crippen LogP contribution in [0.2, 0.25) is 0 Å². The van der Waals surface area contributed by atoms with Gasteiger partial charge in [-0.1, -0.05) is 350 Å². The number of rotatable bonds is 76. The molecule has 0 aliphatic heterocycles. The first-order valence-corrected chi connectivity index (χ1v) is 43.3. The molecule has 0 heterocycles. The molecule has 5 atom stereocenters. The average Bonchev–Trinajstić information content (AvgIpc) is 2.93. The summed E-state index contributed by atoms with van der Waals surface area (Å²) in [5.74, 6) is 0.174. The smallest absolute Gasteiger partial charge is 0.462 e. The Balaban J connectivity index is 5.20. The number of carbonyl (C=O) groups excluding carboxylic acids is 4. The molecule has 0 aromatic heterocycles. The van der Waals surface area contributed by atoms with Crippen LogP contribution in [-0.4, -0.2) is 96.7 Å². The van der Waals surface area contributed by atoms with Gasteiger partial charge in [-0.05, 0) is 43.4 Å². The summed E-state index contributed by atoms with van der Waals surface area (Å²) >= 11 is 0. The molecule has 0 fully saturated rings. The normalized spacial score (nSPS) is 14.0. The van der Waals surface area contributed by atoms with E-state index in [2.05, 4.69) is 48.5 Å². The summed E-state index contributed by atoms with van der Waals surface area (Å²) in [6, 6.07) is 0. The van der Waals surface area contributed by atoms with E-state index in [0.29, 0.717) is 31.6 Å². The quantitative estimate of drug-likeness (QED) is 0.0222. The third-order valence-electron chi connectivity index (χ3n) is 18.1. The topological polar surface area (TPSA) is 237 Å². The van der Waals surface area contributed by atoms with Gasteiger partial charge in [0.05, 0.1) is 26.4 Å². The van der Waals surface area contributed by atoms with Crippen LogP contribution in [-0.2, 0) is 65.4 Å². The molecule has 0 saturated heterocycles. The van der Waals surface area contributed by atoms with Crippen LogP contribution in [0.4, 0.5) is 0 Å². The predicted octanol–water partition coefficient (Wildman–Crippen LogP) is 23.0. The van der Waals surface area contributed by atoms with Crippen molar-refractivity contribution in [3.05, 3.63) is 0 Å². The number of hydrogen-bond acceptors (Lipinski definition) is 15. The highest BCUT2D eigenvalue weighted by Crippen LogP contribution is 2.45. The molecule has 0 radical (unpaired) electrons. The highest BCUT2D eigenvalue weighted by molar-refractivity contribution is 7.47. The summed E-state index contributed by atoms with van der Waals surface area (Å²) in [4.78, 5) is 72.8. The monoisotopic (exact) mass is 1420 g/mol. The van der Waals surface area contributed by atoms with Crippen LogP contribution in [0.25, 0.3) is 0 Å². The molecule has 0 aromatic rings. The minimum atomic E-state index is -4.96. The molecule has 0 spiro atoms. The third-order valence-corrected chi connectivity index (χ3v) is 20.0. The number of unbranched alkanes of at least 4 members (excludes halogenated alkanes) is 44. The second-order valence-electron chi connectivity index (χ2n) is 29.5. The Labute approximate surface area is 594 Å². The minimum absolute atomic E-state index is 0.106. The summed E-state index contributed by atoms with van der Waals surface area (Å²) in [5.41, 5.74) is 0. The molecule has 0 aliphatic carbocycles. The molecule has 0 saturated carbocycles. The Morgan fingerprint density at radius 3 is 0.701 bits per heavy atom. The van der Waals surface area contributed by atoms with Crippen molar-refractivity contribution in [2.75, 3.05) is 39.6 Å². The van der Waals surface area contributed by atoms with E-state index in [0.717, 1.165) is 108 Å². The van der Waals surface area contributed by atoms with Crippen LogP contribution >= 0.6 is 15.6 Å². The van der Waals surface area contributed by atoms with E-state index in [1.54, 1.807) is 0 Å². The maximum absolute atomic E-state index is 13.1. The summed E-state index contributed by atoms with van der Waals surface area (Å²) in [6.45, 7) is 11.9. The number of aliphatic hydroxyl groups excluding tert-OH is 1. The number of ether oxygens (including phenoxy) is 4. The molecule has 17 nitrogen and oxygen atoms in total. The van der Waals surface area contributed by atoms with E-state index < -0.39 is 97.5 Å². The Hall–Kier alpha value is -1.94. The molecule has 0 aliphatic rings. The standard InChI is InChI=1S/C78H152O17P2/c1-8-9-10-11-12-13-25-33-38-47-54-61-77(82)95-74(66-89-76(81)60-53-46-41-40-44-51-58-71(6)7)68-93-97(86,87)91-64-72(79)63-90-96(84,85)92-67-73(65-88-75(80)59-52-45-37-32-28-24-20-22-27-31-36-43-50-57-70(4)5)94-78(83)62-55-48-39-34-29-23-19-17-15-14-16-18-21-26-30-35-42-49-56-69(2)3/h69-74,79H,8-68H2,1-7H3,(H,84,85)(H,86,87)/t72-,73-,74-/m1/s1. The zero-order chi connectivity index (χ0) is 71.6. The highest BCUT2D eigenvalue weighted by atomic mass is 31.2. The maximum Gasteiger partial charge on any atom is 0.472 e. The summed E-state index contributed by atoms with van der Waals surface area (Å²) in [7, 11) is -9.91. The second-order valence-corrected chi connectivity index (χ2v) is 32.4. The van der Waals surface area contributed by atoms with Crippen LogP contribution in [0, 0.1) is 17.8 Å². The van der Waals surface area contributed by atoms with E-state index in [9.17, 15) is 43.2 Å². The number of hydrogen-bond donors (Lipinski definition) is 3. The molecular weight excluding hydrogens is 1270 g/mol. The summed E-state index contributed by atoms with van der Waals surface area (Å²) < 4.78 is 68.5. The van der Waals surface area contributed by atoms with Gasteiger partial charge in [0, 0.05) is 25.7 Å². The van der Waals surface area contributed by atoms with Crippen molar-refractivity contribution >= 4 is 39.5 Å². The molecule has 0 amide bonds. The number of phosphoric ester groups is 2. The van der Waals surface area contributed by atoms with Crippen LogP contribution < -0.4 is 0 Å². The number of carbonyl (C=O) groups is 4. The maximum atomic E-state index is 13.1. The molecule has 0 rings (SSSR count). The van der Waals surface area contributed by atoms with Crippen molar-refractivity contribution < 1.29 is 80.2 Å². The van der Waals surface area contributed by atoms with Gasteiger partial charge in [-0.15, -0.1) is 0 Å². The lowest BCUT2D eigenvalue weighted by molar-refractivity contribution is -0.161. The van der Waals surface area contributed by atoms with Crippen LogP contribution in [0.1, 0.15) is 402 Å². The SMILES string of the molecule is CCCCCCCCCCCCCC(=O)O[C@H](COC(=O)CCCCCCCCC(C)C)COP(=O)(O)OC[C@H](O)COP(=O)(O)OC[C@@H](COC(=O)CCCCCCCCCCCCCCCC(C)C)OC(=O)CCCCCCCCCCCCCCCCCCCCC(C)C. The molecule has 0 bridgehead atoms. The van der Waals surface area contributed by atoms with Gasteiger partial charge in [-0.2, -0.15) is 0 Å². The van der Waals surface area contributed by atoms with Crippen molar-refractivity contribution in [1.82, 2.24) is 0 Å². The van der Waals surface area contributed by atoms with Gasteiger partial charge in [-0.3, -0.25) is 37.3 Å². The summed E-state index contributed by atoms with van der Waals surface area (Å²) in [5, 5.41) is 10.6. The van der Waals surface area contributed by atoms with E-state index in [1.807, 2.05) is 0 Å². The fourth-order valence-electron chi connectivity index (χ4n) is 12.0. The fraction of sp³-hybridized carbons (Fsp3) is 0.949. The largest absolute Gasteiger partial charge is 0.472 e. The van der Waals surface area contributed by atoms with Crippen molar-refractivity contribution in [2.45, 2.75) is 420 Å². The predicted molar refractivity (Wildman–Crippen MR) is 395 cm³/mol. The average molecular weight is 1420 g/mol. The molecule has 97 heavy (non-hydrogen) atoms. The second kappa shape index (κ2) is 68.5. The van der Waals surface area contributed by atoms with E-state index in [4.69, 9.17) is 37.0 Å². The molecule has 19 heteroatoms. The van der Waals surface area contributed by atoms with Gasteiger partial charge in [0.25, 0.3) is 0 Å². The third kappa shape index (κ3) is 72.2. The molecular formula is C78H152O17P2. The van der Waals surface area contributed by atoms with Gasteiger partial charge in [0.2, 0.25) is 0 Å². The first-order chi connectivity index (χ1) is 46.7. The van der Waals surface area contributed by atoms with Gasteiger partial charge in [-0.25, -0.2) is 9.13 Å². The summed E-state index contributed by atoms with van der Waals surface area (Å²) in [6.07, 6.45) is 55.7. The highest BCUT2D eigenvalue weighted by Gasteiger charge is 2.30. The first kappa shape index (κ1) is 95.1. The molecule has 3 N–H and O–H groups in total. The van der Waals surface area contributed by atoms with Crippen LogP contribution in [0.5, 0.6) is 0 Å². The Kier molecular flexibility index (Phi) is 67.1. The molecule has 576 valence electrons. The lowest BCUT2D eigenvalue weighted by Gasteiger charge is -2.21. The van der Waals surface area contributed by atoms with Crippen molar-refractivity contribution in [3.8, 4) is 0 Å². The lowest BCUT2D eigenvalue weighted by Crippen LogP contribution is -2.30. The number of aliphatic hydroxyl groups is 1. The first-order valence-electron chi connectivity index (χ1n) is 40.3. The van der Waals surface area contributed by atoms with Crippen molar-refractivity contribution in [1.29, 1.82) is 0 Å². The zero-order valence-corrected chi connectivity index (χ0v) is 65.3. The Bertz CT molecular complexity index is 1890. The van der Waals surface area contributed by atoms with Crippen LogP contribution in [0.15, 0.2) is 0 Å². The minimum Gasteiger partial charge on any atom is -0.462 e. The van der Waals surface area contributed by atoms with Crippen molar-refractivity contribution in [2.24, 2.45) is 17.8 Å². The number of phosphoric acid groups is 2. The van der Waals surface area contributed by atoms with Crippen LogP contribution in [0.3, 0.4) is 0 Å². The Morgan fingerprint density at radius 2 is 0.474 bits per heavy atom. The molecule has 2 unspecified atom stereocenters. The Morgan fingerprint density at radius 1 is 0.278 bits per heavy atom. The van der Waals surface area contributed by atoms with Gasteiger partial charge in [0.1, 0.15) is 19.3 Å². The zero-order valence-electron chi connectivity index (χ0n) is 63.5. The van der Waals surface area contributed by atoms with E-state index in [1.165, 1.54) is 205 Å². The van der Waals surface area contributed by atoms with Gasteiger partial charge >= 0.3 is 39.5 Å². The molecule has 0 aromatic carbocycles. The van der Waals surface area contributed by atoms with Gasteiger partial charge < -0.3 is 33.8 Å². The van der Waals surface area contributed by atoms with Gasteiger partial charge in [0.15, 0.2) is 12.2 Å². The van der Waals surface area contributed by atoms with E-state index in [-0.39, 0.29) is 25.7 Å². The number of esters is 4. The van der Waals surface area contributed by atoms with Crippen molar-refractivity contribution in [3.63, 3.8) is 0 Å². The lowest BCUT2D eigenvalue weighted by atomic mass is 10.0. The van der Waals surface area contributed by atoms with E-state index >= 15 is 0 Å².